The lowest BCUT2D eigenvalue weighted by molar-refractivity contribution is -0.136. The largest absolute Gasteiger partial charge is 0.393 e. The molecule has 2 aromatic heterocycles. The van der Waals surface area contributed by atoms with Crippen LogP contribution in [0.5, 0.6) is 0 Å². The number of para-hydroxylation sites is 1. The van der Waals surface area contributed by atoms with Crippen molar-refractivity contribution in [1.82, 2.24) is 31.2 Å². The molecule has 0 saturated carbocycles. The molecule has 452 valence electrons. The standard InChI is InChI=1S/C63H86N12O9/c1-41(77)50(61(83)72-48(26-32-76)34-43-17-6-3-7-18-43)39-58(80)53(22-11-13-28-65)73-60(82)46(36-47-40-71-52-21-9-8-19-49(47)52)38-57(79)55(35-44-24-30-69-31-25-44)75-59(81)45(33-42-15-4-2-5-16-42)37-56(78)54(23-14-29-70-63(67)68)74-62(84)51(66)20-10-12-27-64/h2-9,15-19,21,24-25,30-32,40-41,45-46,48,50-51,53-55,71,77H,10-14,20,22-23,26-29,33-39,64-66H2,1H3,(H,72,83)(H,73,82)(H,74,84)(H,75,81)(H4,67,68,70)/t41-,45-,46+,48-,50+,51-,53+,54+,55+/m1/s1. The van der Waals surface area contributed by atoms with Crippen LogP contribution in [0.3, 0.4) is 0 Å². The molecule has 5 rings (SSSR count). The molecule has 5 aromatic rings. The molecule has 16 N–H and O–H groups in total. The minimum atomic E-state index is -1.29. The van der Waals surface area contributed by atoms with Crippen LogP contribution in [0.4, 0.5) is 0 Å². The Morgan fingerprint density at radius 3 is 1.73 bits per heavy atom. The number of carbonyl (C=O) groups excluding carboxylic acids is 8. The lowest BCUT2D eigenvalue weighted by Gasteiger charge is -2.27. The summed E-state index contributed by atoms with van der Waals surface area (Å²) in [4.78, 5) is 125. The van der Waals surface area contributed by atoms with Gasteiger partial charge in [0.05, 0.1) is 36.2 Å². The van der Waals surface area contributed by atoms with Gasteiger partial charge in [0.2, 0.25) is 23.6 Å². The number of aliphatic hydroxyl groups excluding tert-OH is 1. The second-order valence-corrected chi connectivity index (χ2v) is 21.7. The van der Waals surface area contributed by atoms with E-state index in [1.807, 2.05) is 72.8 Å². The minimum absolute atomic E-state index is 0.00581. The fourth-order valence-corrected chi connectivity index (χ4v) is 10.2. The summed E-state index contributed by atoms with van der Waals surface area (Å²) in [6, 6.07) is 24.2. The normalized spacial score (nSPS) is 14.5. The number of fused-ring (bicyclic) bond motifs is 1. The third kappa shape index (κ3) is 22.6. The fraction of sp³-hybridized carbons (Fsp3) is 0.460. The summed E-state index contributed by atoms with van der Waals surface area (Å²) in [5.74, 6) is -7.49. The van der Waals surface area contributed by atoms with Crippen molar-refractivity contribution in [1.29, 1.82) is 0 Å². The van der Waals surface area contributed by atoms with Gasteiger partial charge in [0, 0.05) is 79.6 Å². The number of H-pyrrole nitrogens is 1. The van der Waals surface area contributed by atoms with Gasteiger partial charge in [-0.2, -0.15) is 0 Å². The molecule has 2 heterocycles. The van der Waals surface area contributed by atoms with E-state index in [9.17, 15) is 33.9 Å². The van der Waals surface area contributed by atoms with E-state index in [-0.39, 0.29) is 57.5 Å². The molecule has 0 aliphatic rings. The number of aromatic nitrogens is 2. The van der Waals surface area contributed by atoms with Crippen LogP contribution in [0.1, 0.15) is 106 Å². The predicted molar refractivity (Wildman–Crippen MR) is 323 cm³/mol. The van der Waals surface area contributed by atoms with E-state index in [0.717, 1.165) is 22.0 Å². The van der Waals surface area contributed by atoms with Crippen LogP contribution in [0.15, 0.2) is 121 Å². The molecule has 0 saturated heterocycles. The molecule has 84 heavy (non-hydrogen) atoms. The number of guanidine groups is 1. The van der Waals surface area contributed by atoms with Gasteiger partial charge < -0.3 is 64.8 Å². The number of hydrogen-bond acceptors (Lipinski definition) is 14. The van der Waals surface area contributed by atoms with Crippen molar-refractivity contribution in [3.05, 3.63) is 138 Å². The number of hydrogen-bond donors (Lipinski definition) is 11. The maximum absolute atomic E-state index is 15.2. The number of ketones is 3. The Morgan fingerprint density at radius 1 is 0.595 bits per heavy atom. The number of amides is 4. The number of nitrogens with two attached hydrogens (primary N) is 5. The van der Waals surface area contributed by atoms with Gasteiger partial charge in [-0.3, -0.25) is 43.5 Å². The van der Waals surface area contributed by atoms with E-state index in [0.29, 0.717) is 75.4 Å². The highest BCUT2D eigenvalue weighted by Gasteiger charge is 2.36. The van der Waals surface area contributed by atoms with Gasteiger partial charge >= 0.3 is 0 Å². The Bertz CT molecular complexity index is 2900. The molecule has 9 atom stereocenters. The molecule has 0 aliphatic carbocycles. The predicted octanol–water partition coefficient (Wildman–Crippen LogP) is 3.11. The van der Waals surface area contributed by atoms with E-state index in [2.05, 4.69) is 36.2 Å². The zero-order chi connectivity index (χ0) is 60.8. The number of aldehydes is 1. The number of pyridine rings is 1. The lowest BCUT2D eigenvalue weighted by atomic mass is 9.87. The molecule has 0 unspecified atom stereocenters. The van der Waals surface area contributed by atoms with Crippen LogP contribution in [0, 0.1) is 17.8 Å². The number of nitrogens with one attached hydrogen (secondary N) is 5. The summed E-state index contributed by atoms with van der Waals surface area (Å²) < 4.78 is 0. The highest BCUT2D eigenvalue weighted by molar-refractivity contribution is 5.98. The third-order valence-electron chi connectivity index (χ3n) is 15.0. The zero-order valence-corrected chi connectivity index (χ0v) is 48.2. The average Bonchev–Trinajstić information content (AvgIpc) is 4.14. The number of aliphatic imine (C=N–C) groups is 1. The summed E-state index contributed by atoms with van der Waals surface area (Å²) in [6.07, 6.45) is 6.58. The summed E-state index contributed by atoms with van der Waals surface area (Å²) in [5.41, 5.74) is 32.7. The second kappa shape index (κ2) is 35.9. The minimum Gasteiger partial charge on any atom is -0.393 e. The van der Waals surface area contributed by atoms with Crippen molar-refractivity contribution in [3.63, 3.8) is 0 Å². The van der Waals surface area contributed by atoms with Crippen molar-refractivity contribution in [3.8, 4) is 0 Å². The second-order valence-electron chi connectivity index (χ2n) is 21.7. The first-order valence-electron chi connectivity index (χ1n) is 29.1. The maximum atomic E-state index is 15.2. The fourth-order valence-electron chi connectivity index (χ4n) is 10.2. The molecule has 0 bridgehead atoms. The number of aromatic amines is 1. The van der Waals surface area contributed by atoms with Crippen molar-refractivity contribution in [2.45, 2.75) is 146 Å². The van der Waals surface area contributed by atoms with Gasteiger partial charge in [-0.15, -0.1) is 0 Å². The zero-order valence-electron chi connectivity index (χ0n) is 48.2. The quantitative estimate of drug-likeness (QED) is 0.0116. The maximum Gasteiger partial charge on any atom is 0.237 e. The summed E-state index contributed by atoms with van der Waals surface area (Å²) in [5, 5.41) is 23.4. The molecular formula is C63H86N12O9. The number of unbranched alkanes of at least 4 members (excludes halogenated alkanes) is 2. The summed E-state index contributed by atoms with van der Waals surface area (Å²) in [6.45, 7) is 2.30. The first kappa shape index (κ1) is 66.8. The SMILES string of the molecule is C[C@@H](O)[C@H](CC(=O)[C@H](CCCCN)NC(=O)[C@H](CC(=O)[C@H](Cc1ccncc1)NC(=O)[C@@H](CC(=O)[C@H](CCCN=C(N)N)NC(=O)[C@H](N)CCCCN)Cc1ccccc1)Cc1c[nH]c2ccccc12)C(=O)N[C@H](CC=O)Cc1ccccc1. The highest BCUT2D eigenvalue weighted by Crippen LogP contribution is 2.25. The molecule has 4 amide bonds. The molecule has 0 aliphatic heterocycles. The first-order chi connectivity index (χ1) is 40.5. The highest BCUT2D eigenvalue weighted by atomic mass is 16.3. The van der Waals surface area contributed by atoms with E-state index in [1.54, 1.807) is 42.9 Å². The number of rotatable bonds is 40. The van der Waals surface area contributed by atoms with Gasteiger partial charge in [0.15, 0.2) is 23.3 Å². The molecule has 0 fully saturated rings. The number of Topliss-reactive ketones (excluding diaryl/α,β-unsaturated/α-hetero) is 3. The molecular weight excluding hydrogens is 1070 g/mol. The van der Waals surface area contributed by atoms with E-state index < -0.39 is 108 Å². The Hall–Kier alpha value is -7.98. The van der Waals surface area contributed by atoms with E-state index >= 15 is 9.59 Å². The monoisotopic (exact) mass is 1150 g/mol. The van der Waals surface area contributed by atoms with Crippen molar-refractivity contribution < 1.29 is 43.5 Å². The Morgan fingerprint density at radius 2 is 1.12 bits per heavy atom. The van der Waals surface area contributed by atoms with Crippen LogP contribution in [0.25, 0.3) is 10.9 Å². The number of carbonyl (C=O) groups is 8. The van der Waals surface area contributed by atoms with Crippen LogP contribution in [-0.4, -0.2) is 124 Å². The van der Waals surface area contributed by atoms with Crippen molar-refractivity contribution in [2.24, 2.45) is 51.4 Å². The third-order valence-corrected chi connectivity index (χ3v) is 15.0. The van der Waals surface area contributed by atoms with E-state index in [1.165, 1.54) is 6.92 Å². The van der Waals surface area contributed by atoms with Crippen molar-refractivity contribution >= 4 is 64.1 Å². The Balaban J connectivity index is 1.46. The summed E-state index contributed by atoms with van der Waals surface area (Å²) >= 11 is 0. The van der Waals surface area contributed by atoms with Gasteiger partial charge in [0.1, 0.15) is 6.29 Å². The van der Waals surface area contributed by atoms with Crippen molar-refractivity contribution in [2.75, 3.05) is 19.6 Å². The number of benzene rings is 3. The van der Waals surface area contributed by atoms with Gasteiger partial charge in [-0.05, 0) is 131 Å². The molecule has 21 heteroatoms. The lowest BCUT2D eigenvalue weighted by Crippen LogP contribution is -2.50. The number of aliphatic hydroxyl groups is 1. The molecule has 0 radical (unpaired) electrons. The molecule has 3 aromatic carbocycles. The van der Waals surface area contributed by atoms with Crippen LogP contribution >= 0.6 is 0 Å². The summed E-state index contributed by atoms with van der Waals surface area (Å²) in [7, 11) is 0. The number of nitrogens with zero attached hydrogens (tertiary/aromatic N) is 2. The van der Waals surface area contributed by atoms with Crippen LogP contribution in [0.2, 0.25) is 0 Å². The topological polar surface area (TPSA) is 376 Å². The van der Waals surface area contributed by atoms with Crippen LogP contribution in [-0.2, 0) is 64.0 Å². The van der Waals surface area contributed by atoms with E-state index in [4.69, 9.17) is 28.7 Å². The molecule has 21 nitrogen and oxygen atoms in total. The van der Waals surface area contributed by atoms with Crippen LogP contribution < -0.4 is 49.9 Å². The Labute approximate surface area is 491 Å². The molecule has 0 spiro atoms. The van der Waals surface area contributed by atoms with Gasteiger partial charge in [-0.25, -0.2) is 0 Å². The smallest absolute Gasteiger partial charge is 0.237 e. The Kier molecular flexibility index (Phi) is 28.5. The van der Waals surface area contributed by atoms with Gasteiger partial charge in [-0.1, -0.05) is 85.3 Å². The van der Waals surface area contributed by atoms with Gasteiger partial charge in [0.25, 0.3) is 0 Å². The average molecular weight is 1160 g/mol. The first-order valence-corrected chi connectivity index (χ1v) is 29.1.